The molecule has 4 rings (SSSR count). The van der Waals surface area contributed by atoms with Gasteiger partial charge in [-0.1, -0.05) is 18.2 Å². The summed E-state index contributed by atoms with van der Waals surface area (Å²) in [7, 11) is 4.24. The Morgan fingerprint density at radius 1 is 0.902 bits per heavy atom. The summed E-state index contributed by atoms with van der Waals surface area (Å²) < 4.78 is 23.1. The minimum absolute atomic E-state index is 0.0234. The van der Waals surface area contributed by atoms with Gasteiger partial charge in [-0.25, -0.2) is 14.5 Å². The molecule has 0 aliphatic carbocycles. The molecular weight excluding hydrogens is 594 g/mol. The maximum atomic E-state index is 13.9. The molecule has 11 heteroatoms. The lowest BCUT2D eigenvalue weighted by molar-refractivity contribution is -0.242. The standard InChI is InChI=1S/C30H32BrN3O7/c1-38-26-18-20(10-15-25(26)33-29(37)32-24-9-5-4-8-23(24)31)19-27(35)30(40-3,34-16-6-7-17-34)41-22-13-11-21(12-14-22)28(36)39-2/h4-5,8-15,18H,6-7,16-17,19H2,1-3H3,(H2,32,33,37). The minimum atomic E-state index is -1.67. The predicted octanol–water partition coefficient (Wildman–Crippen LogP) is 5.47. The molecule has 1 fully saturated rings. The fourth-order valence-corrected chi connectivity index (χ4v) is 5.00. The van der Waals surface area contributed by atoms with Gasteiger partial charge in [0.25, 0.3) is 0 Å². The quantitative estimate of drug-likeness (QED) is 0.213. The van der Waals surface area contributed by atoms with Crippen LogP contribution in [0.15, 0.2) is 71.2 Å². The SMILES string of the molecule is COC(=O)c1ccc(OC(OC)(C(=O)Cc2ccc(NC(=O)Nc3ccccc3Br)c(OC)c2)N2CCCC2)cc1. The van der Waals surface area contributed by atoms with E-state index >= 15 is 0 Å². The van der Waals surface area contributed by atoms with Gasteiger partial charge in [0.15, 0.2) is 0 Å². The second kappa shape index (κ2) is 13.6. The maximum absolute atomic E-state index is 13.9. The normalized spacial score (nSPS) is 14.5. The lowest BCUT2D eigenvalue weighted by Crippen LogP contribution is -2.60. The molecule has 3 aromatic rings. The molecule has 1 atom stereocenters. The van der Waals surface area contributed by atoms with Crippen molar-refractivity contribution in [3.63, 3.8) is 0 Å². The highest BCUT2D eigenvalue weighted by Crippen LogP contribution is 2.31. The zero-order valence-corrected chi connectivity index (χ0v) is 24.7. The summed E-state index contributed by atoms with van der Waals surface area (Å²) in [4.78, 5) is 40.2. The summed E-state index contributed by atoms with van der Waals surface area (Å²) in [6.07, 6.45) is 1.78. The molecule has 41 heavy (non-hydrogen) atoms. The molecule has 0 aromatic heterocycles. The number of anilines is 2. The minimum Gasteiger partial charge on any atom is -0.495 e. The third kappa shape index (κ3) is 7.05. The predicted molar refractivity (Wildman–Crippen MR) is 157 cm³/mol. The van der Waals surface area contributed by atoms with Crippen LogP contribution < -0.4 is 20.1 Å². The molecule has 1 aliphatic rings. The van der Waals surface area contributed by atoms with E-state index in [1.165, 1.54) is 21.3 Å². The summed E-state index contributed by atoms with van der Waals surface area (Å²) in [5, 5.41) is 5.56. The second-order valence-electron chi connectivity index (χ2n) is 9.29. The van der Waals surface area contributed by atoms with Gasteiger partial charge in [0.2, 0.25) is 5.78 Å². The summed E-state index contributed by atoms with van der Waals surface area (Å²) in [5.41, 5.74) is 2.06. The summed E-state index contributed by atoms with van der Waals surface area (Å²) in [5.74, 6) is -1.69. The topological polar surface area (TPSA) is 115 Å². The molecule has 0 spiro atoms. The fraction of sp³-hybridized carbons (Fsp3) is 0.300. The average Bonchev–Trinajstić information content (AvgIpc) is 3.53. The third-order valence-electron chi connectivity index (χ3n) is 6.68. The van der Waals surface area contributed by atoms with Crippen molar-refractivity contribution >= 4 is 45.1 Å². The molecular formula is C30H32BrN3O7. The Labute approximate surface area is 247 Å². The first-order valence-electron chi connectivity index (χ1n) is 13.0. The molecule has 0 bridgehead atoms. The van der Waals surface area contributed by atoms with Gasteiger partial charge in [-0.05, 0) is 82.9 Å². The van der Waals surface area contributed by atoms with Crippen LogP contribution in [-0.2, 0) is 20.7 Å². The van der Waals surface area contributed by atoms with Crippen LogP contribution in [0.3, 0.4) is 0 Å². The molecule has 1 saturated heterocycles. The number of nitrogens with one attached hydrogen (secondary N) is 2. The number of ketones is 1. The Bertz CT molecular complexity index is 1390. The number of esters is 1. The molecule has 1 unspecified atom stereocenters. The van der Waals surface area contributed by atoms with Crippen molar-refractivity contribution in [2.45, 2.75) is 25.2 Å². The highest BCUT2D eigenvalue weighted by molar-refractivity contribution is 9.10. The van der Waals surface area contributed by atoms with Crippen LogP contribution in [0.1, 0.15) is 28.8 Å². The van der Waals surface area contributed by atoms with E-state index in [2.05, 4.69) is 26.6 Å². The summed E-state index contributed by atoms with van der Waals surface area (Å²) in [6, 6.07) is 18.3. The van der Waals surface area contributed by atoms with Crippen molar-refractivity contribution in [1.82, 2.24) is 4.90 Å². The van der Waals surface area contributed by atoms with E-state index < -0.39 is 17.9 Å². The molecule has 2 amide bonds. The molecule has 2 N–H and O–H groups in total. The van der Waals surface area contributed by atoms with Crippen molar-refractivity contribution in [3.05, 3.63) is 82.3 Å². The van der Waals surface area contributed by atoms with Crippen LogP contribution in [0.5, 0.6) is 11.5 Å². The molecule has 1 aliphatic heterocycles. The number of nitrogens with zero attached hydrogens (tertiary/aromatic N) is 1. The van der Waals surface area contributed by atoms with Gasteiger partial charge in [-0.15, -0.1) is 0 Å². The van der Waals surface area contributed by atoms with Crippen molar-refractivity contribution in [2.75, 3.05) is 45.1 Å². The number of hydrogen-bond donors (Lipinski definition) is 2. The smallest absolute Gasteiger partial charge is 0.337 e. The van der Waals surface area contributed by atoms with Crippen molar-refractivity contribution in [2.24, 2.45) is 0 Å². The number of likely N-dealkylation sites (tertiary alicyclic amines) is 1. The highest BCUT2D eigenvalue weighted by Gasteiger charge is 2.48. The van der Waals surface area contributed by atoms with Crippen LogP contribution in [0.25, 0.3) is 0 Å². The monoisotopic (exact) mass is 625 g/mol. The van der Waals surface area contributed by atoms with Gasteiger partial charge in [0.05, 0.1) is 31.2 Å². The van der Waals surface area contributed by atoms with Gasteiger partial charge in [-0.3, -0.25) is 4.79 Å². The molecule has 0 radical (unpaired) electrons. The third-order valence-corrected chi connectivity index (χ3v) is 7.38. The zero-order chi connectivity index (χ0) is 29.4. The number of carbonyl (C=O) groups is 3. The van der Waals surface area contributed by atoms with Crippen LogP contribution in [0, 0.1) is 0 Å². The lowest BCUT2D eigenvalue weighted by Gasteiger charge is -2.38. The largest absolute Gasteiger partial charge is 0.495 e. The highest BCUT2D eigenvalue weighted by atomic mass is 79.9. The summed E-state index contributed by atoms with van der Waals surface area (Å²) in [6.45, 7) is 1.25. The molecule has 0 saturated carbocycles. The van der Waals surface area contributed by atoms with Crippen LogP contribution in [0.4, 0.5) is 16.2 Å². The van der Waals surface area contributed by atoms with Crippen LogP contribution in [-0.4, -0.2) is 63.0 Å². The molecule has 216 valence electrons. The molecule has 10 nitrogen and oxygen atoms in total. The number of amides is 2. The number of benzene rings is 3. The van der Waals surface area contributed by atoms with E-state index in [0.29, 0.717) is 47.1 Å². The van der Waals surface area contributed by atoms with E-state index in [-0.39, 0.29) is 12.2 Å². The Balaban J connectivity index is 1.53. The first kappa shape index (κ1) is 30.0. The number of para-hydroxylation sites is 1. The number of rotatable bonds is 11. The first-order valence-corrected chi connectivity index (χ1v) is 13.8. The van der Waals surface area contributed by atoms with Gasteiger partial charge in [0.1, 0.15) is 11.5 Å². The van der Waals surface area contributed by atoms with Gasteiger partial charge >= 0.3 is 17.9 Å². The number of urea groups is 1. The molecule has 1 heterocycles. The second-order valence-corrected chi connectivity index (χ2v) is 10.1. The van der Waals surface area contributed by atoms with Crippen LogP contribution in [0.2, 0.25) is 0 Å². The molecule has 3 aromatic carbocycles. The van der Waals surface area contributed by atoms with Crippen LogP contribution >= 0.6 is 15.9 Å². The first-order chi connectivity index (χ1) is 19.8. The number of carbonyl (C=O) groups excluding carboxylic acids is 3. The number of Topliss-reactive ketones (excluding diaryl/α,β-unsaturated/α-hetero) is 1. The number of halogens is 1. The Kier molecular flexibility index (Phi) is 9.98. The number of hydrogen-bond acceptors (Lipinski definition) is 8. The van der Waals surface area contributed by atoms with Crippen molar-refractivity contribution in [1.29, 1.82) is 0 Å². The zero-order valence-electron chi connectivity index (χ0n) is 23.1. The fourth-order valence-electron chi connectivity index (χ4n) is 4.61. The number of methoxy groups -OCH3 is 3. The van der Waals surface area contributed by atoms with E-state index in [0.717, 1.165) is 17.3 Å². The van der Waals surface area contributed by atoms with Gasteiger partial charge < -0.3 is 29.6 Å². The Hall–Kier alpha value is -3.93. The van der Waals surface area contributed by atoms with Gasteiger partial charge in [0, 0.05) is 31.1 Å². The van der Waals surface area contributed by atoms with Crippen molar-refractivity contribution in [3.8, 4) is 11.5 Å². The van der Waals surface area contributed by atoms with Gasteiger partial charge in [-0.2, -0.15) is 0 Å². The van der Waals surface area contributed by atoms with Crippen molar-refractivity contribution < 1.29 is 33.3 Å². The summed E-state index contributed by atoms with van der Waals surface area (Å²) >= 11 is 3.41. The Morgan fingerprint density at radius 2 is 1.59 bits per heavy atom. The Morgan fingerprint density at radius 3 is 2.22 bits per heavy atom. The van der Waals surface area contributed by atoms with E-state index in [4.69, 9.17) is 18.9 Å². The van der Waals surface area contributed by atoms with E-state index in [9.17, 15) is 14.4 Å². The average molecular weight is 627 g/mol. The maximum Gasteiger partial charge on any atom is 0.337 e. The lowest BCUT2D eigenvalue weighted by atomic mass is 10.0. The van der Waals surface area contributed by atoms with E-state index in [1.807, 2.05) is 23.1 Å². The number of ether oxygens (including phenoxy) is 4. The van der Waals surface area contributed by atoms with E-state index in [1.54, 1.807) is 48.5 Å².